The second-order valence-electron chi connectivity index (χ2n) is 3.96. The van der Waals surface area contributed by atoms with Crippen molar-refractivity contribution in [3.8, 4) is 0 Å². The zero-order chi connectivity index (χ0) is 10.3. The highest BCUT2D eigenvalue weighted by Crippen LogP contribution is 2.31. The van der Waals surface area contributed by atoms with Crippen LogP contribution in [0.15, 0.2) is 18.2 Å². The van der Waals surface area contributed by atoms with Crippen molar-refractivity contribution in [1.82, 2.24) is 4.98 Å². The molecular formula is C11H11ClN2S. The van der Waals surface area contributed by atoms with Gasteiger partial charge in [-0.1, -0.05) is 22.9 Å². The van der Waals surface area contributed by atoms with Gasteiger partial charge in [-0.05, 0) is 37.0 Å². The van der Waals surface area contributed by atoms with Crippen molar-refractivity contribution >= 4 is 38.3 Å². The van der Waals surface area contributed by atoms with E-state index in [9.17, 15) is 0 Å². The molecule has 0 saturated heterocycles. The van der Waals surface area contributed by atoms with Crippen LogP contribution >= 0.6 is 22.9 Å². The maximum atomic E-state index is 5.91. The maximum Gasteiger partial charge on any atom is 0.183 e. The van der Waals surface area contributed by atoms with Crippen LogP contribution in [0.25, 0.3) is 10.2 Å². The SMILES string of the molecule is Clc1ccc2sc(NCC3CC3)nc2c1. The van der Waals surface area contributed by atoms with Gasteiger partial charge in [-0.15, -0.1) is 0 Å². The Morgan fingerprint density at radius 2 is 2.33 bits per heavy atom. The predicted octanol–water partition coefficient (Wildman–Crippen LogP) is 3.77. The summed E-state index contributed by atoms with van der Waals surface area (Å²) in [5, 5.41) is 5.14. The number of thiazole rings is 1. The van der Waals surface area contributed by atoms with Crippen LogP contribution < -0.4 is 5.32 Å². The molecule has 1 aromatic heterocycles. The molecule has 1 N–H and O–H groups in total. The van der Waals surface area contributed by atoms with Crippen LogP contribution in [0.2, 0.25) is 5.02 Å². The van der Waals surface area contributed by atoms with Gasteiger partial charge in [0.2, 0.25) is 0 Å². The summed E-state index contributed by atoms with van der Waals surface area (Å²) >= 11 is 7.60. The number of rotatable bonds is 3. The van der Waals surface area contributed by atoms with E-state index in [4.69, 9.17) is 11.6 Å². The molecule has 15 heavy (non-hydrogen) atoms. The van der Waals surface area contributed by atoms with Gasteiger partial charge in [0.25, 0.3) is 0 Å². The lowest BCUT2D eigenvalue weighted by Crippen LogP contribution is -2.01. The minimum atomic E-state index is 0.751. The molecule has 1 aliphatic rings. The van der Waals surface area contributed by atoms with Crippen LogP contribution in [0.4, 0.5) is 5.13 Å². The fraction of sp³-hybridized carbons (Fsp3) is 0.364. The molecule has 4 heteroatoms. The Hall–Kier alpha value is -0.800. The minimum Gasteiger partial charge on any atom is -0.361 e. The fourth-order valence-electron chi connectivity index (χ4n) is 1.53. The van der Waals surface area contributed by atoms with E-state index in [1.54, 1.807) is 11.3 Å². The molecule has 0 unspecified atom stereocenters. The van der Waals surface area contributed by atoms with Crippen molar-refractivity contribution in [3.05, 3.63) is 23.2 Å². The summed E-state index contributed by atoms with van der Waals surface area (Å²) in [6.07, 6.45) is 2.73. The fourth-order valence-corrected chi connectivity index (χ4v) is 2.55. The smallest absolute Gasteiger partial charge is 0.183 e. The molecule has 0 spiro atoms. The Labute approximate surface area is 97.3 Å². The normalized spacial score (nSPS) is 15.8. The standard InChI is InChI=1S/C11H11ClN2S/c12-8-3-4-10-9(5-8)14-11(15-10)13-6-7-1-2-7/h3-5,7H,1-2,6H2,(H,13,14). The highest BCUT2D eigenvalue weighted by Gasteiger charge is 2.21. The quantitative estimate of drug-likeness (QED) is 0.881. The topological polar surface area (TPSA) is 24.9 Å². The molecule has 0 aliphatic heterocycles. The Bertz CT molecular complexity index is 490. The summed E-state index contributed by atoms with van der Waals surface area (Å²) in [6, 6.07) is 5.85. The molecule has 0 bridgehead atoms. The first-order valence-electron chi connectivity index (χ1n) is 5.11. The van der Waals surface area contributed by atoms with Gasteiger partial charge in [-0.25, -0.2) is 4.98 Å². The Kier molecular flexibility index (Phi) is 2.29. The number of benzene rings is 1. The average molecular weight is 239 g/mol. The molecule has 0 atom stereocenters. The first-order valence-corrected chi connectivity index (χ1v) is 6.31. The first-order chi connectivity index (χ1) is 7.31. The van der Waals surface area contributed by atoms with E-state index in [1.165, 1.54) is 17.5 Å². The number of hydrogen-bond acceptors (Lipinski definition) is 3. The summed E-state index contributed by atoms with van der Waals surface area (Å²) in [6.45, 7) is 1.06. The van der Waals surface area contributed by atoms with Crippen LogP contribution in [0.5, 0.6) is 0 Å². The van der Waals surface area contributed by atoms with Gasteiger partial charge >= 0.3 is 0 Å². The van der Waals surface area contributed by atoms with E-state index in [1.807, 2.05) is 18.2 Å². The van der Waals surface area contributed by atoms with Crippen molar-refractivity contribution in [2.45, 2.75) is 12.8 Å². The lowest BCUT2D eigenvalue weighted by molar-refractivity contribution is 0.888. The number of anilines is 1. The van der Waals surface area contributed by atoms with Crippen molar-refractivity contribution in [3.63, 3.8) is 0 Å². The molecule has 3 rings (SSSR count). The highest BCUT2D eigenvalue weighted by atomic mass is 35.5. The Morgan fingerprint density at radius 1 is 1.47 bits per heavy atom. The molecular weight excluding hydrogens is 228 g/mol. The van der Waals surface area contributed by atoms with Gasteiger partial charge in [0, 0.05) is 11.6 Å². The molecule has 2 aromatic rings. The molecule has 1 aliphatic carbocycles. The van der Waals surface area contributed by atoms with Gasteiger partial charge < -0.3 is 5.32 Å². The number of nitrogens with one attached hydrogen (secondary N) is 1. The van der Waals surface area contributed by atoms with Crippen LogP contribution in [0, 0.1) is 5.92 Å². The van der Waals surface area contributed by atoms with E-state index in [-0.39, 0.29) is 0 Å². The summed E-state index contributed by atoms with van der Waals surface area (Å²) in [5.74, 6) is 0.876. The van der Waals surface area contributed by atoms with E-state index >= 15 is 0 Å². The van der Waals surface area contributed by atoms with Crippen LogP contribution in [-0.4, -0.2) is 11.5 Å². The van der Waals surface area contributed by atoms with Crippen LogP contribution in [0.3, 0.4) is 0 Å². The van der Waals surface area contributed by atoms with Gasteiger partial charge in [-0.2, -0.15) is 0 Å². The van der Waals surface area contributed by atoms with Gasteiger partial charge in [0.1, 0.15) is 0 Å². The second-order valence-corrected chi connectivity index (χ2v) is 5.42. The van der Waals surface area contributed by atoms with E-state index < -0.39 is 0 Å². The summed E-state index contributed by atoms with van der Waals surface area (Å²) in [7, 11) is 0. The third kappa shape index (κ3) is 2.08. The minimum absolute atomic E-state index is 0.751. The third-order valence-electron chi connectivity index (χ3n) is 2.59. The van der Waals surface area contributed by atoms with Crippen molar-refractivity contribution in [2.75, 3.05) is 11.9 Å². The molecule has 1 fully saturated rings. The highest BCUT2D eigenvalue weighted by molar-refractivity contribution is 7.22. The van der Waals surface area contributed by atoms with E-state index in [0.717, 1.165) is 28.1 Å². The lowest BCUT2D eigenvalue weighted by atomic mass is 10.3. The Morgan fingerprint density at radius 3 is 3.13 bits per heavy atom. The number of hydrogen-bond donors (Lipinski definition) is 1. The first kappa shape index (κ1) is 9.43. The van der Waals surface area contributed by atoms with Crippen LogP contribution in [-0.2, 0) is 0 Å². The molecule has 0 amide bonds. The van der Waals surface area contributed by atoms with Gasteiger partial charge in [0.15, 0.2) is 5.13 Å². The summed E-state index contributed by atoms with van der Waals surface area (Å²) < 4.78 is 1.19. The third-order valence-corrected chi connectivity index (χ3v) is 3.82. The molecule has 1 aromatic carbocycles. The van der Waals surface area contributed by atoms with Crippen molar-refractivity contribution < 1.29 is 0 Å². The monoisotopic (exact) mass is 238 g/mol. The van der Waals surface area contributed by atoms with E-state index in [0.29, 0.717) is 0 Å². The maximum absolute atomic E-state index is 5.91. The van der Waals surface area contributed by atoms with Crippen LogP contribution in [0.1, 0.15) is 12.8 Å². The summed E-state index contributed by atoms with van der Waals surface area (Å²) in [5.41, 5.74) is 0.991. The average Bonchev–Trinajstić information content (AvgIpc) is 2.95. The van der Waals surface area contributed by atoms with E-state index in [2.05, 4.69) is 10.3 Å². The zero-order valence-electron chi connectivity index (χ0n) is 8.16. The number of halogens is 1. The molecule has 0 radical (unpaired) electrons. The number of fused-ring (bicyclic) bond motifs is 1. The van der Waals surface area contributed by atoms with Gasteiger partial charge in [-0.3, -0.25) is 0 Å². The van der Waals surface area contributed by atoms with Crippen molar-refractivity contribution in [2.24, 2.45) is 5.92 Å². The number of nitrogens with zero attached hydrogens (tertiary/aromatic N) is 1. The van der Waals surface area contributed by atoms with Crippen molar-refractivity contribution in [1.29, 1.82) is 0 Å². The Balaban J connectivity index is 1.84. The second kappa shape index (κ2) is 3.65. The molecule has 78 valence electrons. The lowest BCUT2D eigenvalue weighted by Gasteiger charge is -1.97. The summed E-state index contributed by atoms with van der Waals surface area (Å²) in [4.78, 5) is 4.50. The number of aromatic nitrogens is 1. The molecule has 1 heterocycles. The molecule has 2 nitrogen and oxygen atoms in total. The largest absolute Gasteiger partial charge is 0.361 e. The molecule has 1 saturated carbocycles. The predicted molar refractivity (Wildman–Crippen MR) is 65.8 cm³/mol. The van der Waals surface area contributed by atoms with Gasteiger partial charge in [0.05, 0.1) is 10.2 Å². The zero-order valence-corrected chi connectivity index (χ0v) is 9.74.